The van der Waals surface area contributed by atoms with E-state index in [-0.39, 0.29) is 0 Å². The van der Waals surface area contributed by atoms with Gasteiger partial charge in [-0.3, -0.25) is 0 Å². The number of benzene rings is 3. The van der Waals surface area contributed by atoms with E-state index in [1.54, 1.807) is 0 Å². The average molecular weight is 394 g/mol. The molecular weight excluding hydrogens is 360 g/mol. The van der Waals surface area contributed by atoms with Crippen molar-refractivity contribution in [2.75, 3.05) is 0 Å². The van der Waals surface area contributed by atoms with Gasteiger partial charge >= 0.3 is 0 Å². The van der Waals surface area contributed by atoms with Gasteiger partial charge in [0, 0.05) is 0 Å². The average Bonchev–Trinajstić information content (AvgIpc) is 2.85. The van der Waals surface area contributed by atoms with Crippen LogP contribution in [0, 0.1) is 6.07 Å². The van der Waals surface area contributed by atoms with Crippen molar-refractivity contribution in [1.82, 2.24) is 0 Å². The van der Waals surface area contributed by atoms with E-state index in [0.717, 1.165) is 11.8 Å². The molecule has 0 bridgehead atoms. The van der Waals surface area contributed by atoms with Crippen LogP contribution in [0.5, 0.6) is 0 Å². The third-order valence-corrected chi connectivity index (χ3v) is 7.43. The van der Waals surface area contributed by atoms with Gasteiger partial charge in [0.25, 0.3) is 0 Å². The molecule has 2 aliphatic rings. The fraction of sp³-hybridized carbons (Fsp3) is 0.400. The molecule has 2 aliphatic carbocycles. The topological polar surface area (TPSA) is 0 Å². The van der Waals surface area contributed by atoms with Crippen LogP contribution in [0.25, 0.3) is 22.3 Å². The van der Waals surface area contributed by atoms with Gasteiger partial charge in [0.05, 0.1) is 0 Å². The second-order valence-electron chi connectivity index (χ2n) is 9.37. The zero-order chi connectivity index (χ0) is 20.2. The van der Waals surface area contributed by atoms with E-state index in [1.165, 1.54) is 97.6 Å². The van der Waals surface area contributed by atoms with Crippen LogP contribution in [0.15, 0.2) is 66.7 Å². The minimum Gasteiger partial charge on any atom is -0.0610 e. The first-order chi connectivity index (χ1) is 14.9. The van der Waals surface area contributed by atoms with Crippen molar-refractivity contribution in [1.29, 1.82) is 0 Å². The van der Waals surface area contributed by atoms with Crippen LogP contribution >= 0.6 is 0 Å². The quantitative estimate of drug-likeness (QED) is 0.415. The van der Waals surface area contributed by atoms with Crippen molar-refractivity contribution in [2.24, 2.45) is 0 Å². The van der Waals surface area contributed by atoms with Crippen LogP contribution in [0.4, 0.5) is 0 Å². The largest absolute Gasteiger partial charge is 0.0610 e. The highest BCUT2D eigenvalue weighted by molar-refractivity contribution is 5.83. The molecule has 1 radical (unpaired) electrons. The lowest BCUT2D eigenvalue weighted by Crippen LogP contribution is -2.04. The van der Waals surface area contributed by atoms with Gasteiger partial charge in [-0.2, -0.15) is 0 Å². The second kappa shape index (κ2) is 9.21. The molecule has 5 rings (SSSR count). The number of hydrogen-bond donors (Lipinski definition) is 0. The molecule has 30 heavy (non-hydrogen) atoms. The summed E-state index contributed by atoms with van der Waals surface area (Å²) < 4.78 is 0. The van der Waals surface area contributed by atoms with Crippen LogP contribution in [-0.4, -0.2) is 0 Å². The van der Waals surface area contributed by atoms with Crippen LogP contribution in [0.1, 0.15) is 87.2 Å². The molecule has 153 valence electrons. The standard InChI is InChI=1S/C30H33/c1-3-9-23(10-4-1)25-15-19-27(20-16-25)29-13-7-8-14-30(29)28-21-17-26(18-22-28)24-11-5-2-6-12-24/h7-8,13,15-24H,1-6,9-12H2. The van der Waals surface area contributed by atoms with Gasteiger partial charge in [-0.05, 0) is 77.0 Å². The zero-order valence-electron chi connectivity index (χ0n) is 18.1. The van der Waals surface area contributed by atoms with Crippen LogP contribution in [0.3, 0.4) is 0 Å². The molecule has 0 aromatic heterocycles. The van der Waals surface area contributed by atoms with Gasteiger partial charge in [0.1, 0.15) is 0 Å². The summed E-state index contributed by atoms with van der Waals surface area (Å²) in [4.78, 5) is 0. The molecule has 3 aromatic rings. The second-order valence-corrected chi connectivity index (χ2v) is 9.37. The van der Waals surface area contributed by atoms with E-state index in [1.807, 2.05) is 6.07 Å². The van der Waals surface area contributed by atoms with Crippen molar-refractivity contribution in [3.8, 4) is 22.3 Å². The van der Waals surface area contributed by atoms with Crippen LogP contribution in [0.2, 0.25) is 0 Å². The third kappa shape index (κ3) is 4.24. The maximum atomic E-state index is 3.53. The molecule has 0 heterocycles. The van der Waals surface area contributed by atoms with Gasteiger partial charge in [-0.25, -0.2) is 0 Å². The van der Waals surface area contributed by atoms with Crippen molar-refractivity contribution in [3.63, 3.8) is 0 Å². The lowest BCUT2D eigenvalue weighted by Gasteiger charge is -2.22. The highest BCUT2D eigenvalue weighted by atomic mass is 14.2. The van der Waals surface area contributed by atoms with E-state index in [2.05, 4.69) is 66.7 Å². The monoisotopic (exact) mass is 393 g/mol. The van der Waals surface area contributed by atoms with Gasteiger partial charge in [0.2, 0.25) is 0 Å². The summed E-state index contributed by atoms with van der Waals surface area (Å²) in [5, 5.41) is 0. The van der Waals surface area contributed by atoms with E-state index < -0.39 is 0 Å². The predicted molar refractivity (Wildman–Crippen MR) is 128 cm³/mol. The van der Waals surface area contributed by atoms with Crippen LogP contribution in [-0.2, 0) is 0 Å². The molecule has 0 unspecified atom stereocenters. The van der Waals surface area contributed by atoms with Gasteiger partial charge in [-0.15, -0.1) is 0 Å². The Balaban J connectivity index is 1.40. The summed E-state index contributed by atoms with van der Waals surface area (Å²) in [6, 6.07) is 28.7. The minimum absolute atomic E-state index is 0.763. The first-order valence-electron chi connectivity index (χ1n) is 12.1. The molecule has 0 amide bonds. The molecule has 3 aromatic carbocycles. The maximum Gasteiger partial charge on any atom is -0.00266 e. The molecule has 2 saturated carbocycles. The summed E-state index contributed by atoms with van der Waals surface area (Å²) in [6.07, 6.45) is 13.8. The van der Waals surface area contributed by atoms with E-state index in [0.29, 0.717) is 0 Å². The van der Waals surface area contributed by atoms with E-state index >= 15 is 0 Å². The molecule has 0 heteroatoms. The SMILES string of the molecule is [c]1cccc(-c2ccc(C3CCCCC3)cc2)c1-c1ccc(C2CCCCC2)cc1. The molecule has 0 atom stereocenters. The molecule has 2 fully saturated rings. The Kier molecular flexibility index (Phi) is 6.02. The van der Waals surface area contributed by atoms with Gasteiger partial charge < -0.3 is 0 Å². The Bertz CT molecular complexity index is 856. The molecule has 0 aliphatic heterocycles. The first kappa shape index (κ1) is 19.6. The van der Waals surface area contributed by atoms with E-state index in [9.17, 15) is 0 Å². The third-order valence-electron chi connectivity index (χ3n) is 7.43. The highest BCUT2D eigenvalue weighted by Gasteiger charge is 2.17. The van der Waals surface area contributed by atoms with E-state index in [4.69, 9.17) is 0 Å². The molecule has 0 spiro atoms. The Labute approximate surface area is 182 Å². The summed E-state index contributed by atoms with van der Waals surface area (Å²) in [5.74, 6) is 1.53. The minimum atomic E-state index is 0.763. The smallest absolute Gasteiger partial charge is 0.00266 e. The molecular formula is C30H33. The predicted octanol–water partition coefficient (Wildman–Crippen LogP) is 8.92. The fourth-order valence-corrected chi connectivity index (χ4v) is 5.64. The molecule has 0 N–H and O–H groups in total. The van der Waals surface area contributed by atoms with Crippen LogP contribution < -0.4 is 0 Å². The lowest BCUT2D eigenvalue weighted by molar-refractivity contribution is 0.443. The summed E-state index contributed by atoms with van der Waals surface area (Å²) >= 11 is 0. The van der Waals surface area contributed by atoms with Gasteiger partial charge in [0.15, 0.2) is 0 Å². The van der Waals surface area contributed by atoms with Crippen molar-refractivity contribution < 1.29 is 0 Å². The van der Waals surface area contributed by atoms with Crippen molar-refractivity contribution in [2.45, 2.75) is 76.0 Å². The molecule has 0 nitrogen and oxygen atoms in total. The number of hydrogen-bond acceptors (Lipinski definition) is 0. The molecule has 0 saturated heterocycles. The maximum absolute atomic E-state index is 3.53. The Morgan fingerprint density at radius 2 is 1.03 bits per heavy atom. The van der Waals surface area contributed by atoms with Gasteiger partial charge in [-0.1, -0.05) is 105 Å². The Morgan fingerprint density at radius 1 is 0.533 bits per heavy atom. The summed E-state index contributed by atoms with van der Waals surface area (Å²) in [5.41, 5.74) is 8.14. The number of rotatable bonds is 4. The lowest BCUT2D eigenvalue weighted by atomic mass is 9.83. The van der Waals surface area contributed by atoms with Crippen molar-refractivity contribution >= 4 is 0 Å². The fourth-order valence-electron chi connectivity index (χ4n) is 5.64. The normalized spacial score (nSPS) is 18.4. The zero-order valence-corrected chi connectivity index (χ0v) is 18.1. The van der Waals surface area contributed by atoms with Crippen molar-refractivity contribution in [3.05, 3.63) is 83.9 Å². The Morgan fingerprint density at radius 3 is 1.57 bits per heavy atom. The Hall–Kier alpha value is -2.34. The summed E-state index contributed by atoms with van der Waals surface area (Å²) in [7, 11) is 0. The summed E-state index contributed by atoms with van der Waals surface area (Å²) in [6.45, 7) is 0. The highest BCUT2D eigenvalue weighted by Crippen LogP contribution is 2.37. The first-order valence-corrected chi connectivity index (χ1v) is 12.1.